The van der Waals surface area contributed by atoms with E-state index in [9.17, 15) is 14.4 Å². The zero-order valence-corrected chi connectivity index (χ0v) is 25.8. The van der Waals surface area contributed by atoms with E-state index in [1.165, 1.54) is 16.4 Å². The molecule has 3 heterocycles. The molecular formula is C31H38N7O5+. The summed E-state index contributed by atoms with van der Waals surface area (Å²) in [4.78, 5) is 48.8. The molecule has 0 aliphatic heterocycles. The molecule has 0 radical (unpaired) electrons. The average molecular weight is 589 g/mol. The van der Waals surface area contributed by atoms with E-state index in [2.05, 4.69) is 9.97 Å². The van der Waals surface area contributed by atoms with Crippen molar-refractivity contribution in [1.29, 1.82) is 5.41 Å². The number of benzene rings is 1. The van der Waals surface area contributed by atoms with Crippen LogP contribution in [0.25, 0.3) is 38.8 Å². The van der Waals surface area contributed by atoms with Gasteiger partial charge < -0.3 is 20.2 Å². The molecule has 0 saturated heterocycles. The normalized spacial score (nSPS) is 12.0. The van der Waals surface area contributed by atoms with Crippen LogP contribution in [-0.2, 0) is 27.9 Å². The van der Waals surface area contributed by atoms with Crippen molar-refractivity contribution >= 4 is 51.1 Å². The number of quaternary nitrogens is 1. The molecule has 3 aromatic heterocycles. The van der Waals surface area contributed by atoms with Crippen LogP contribution in [-0.4, -0.2) is 56.1 Å². The molecule has 0 atom stereocenters. The SMILES string of the molecule is CCN(C(=O)OC(C)(C)C)c1cc(-c2ccc3ncc4c(c3c2)n(C(=C[NH2+]C)C(C)=N)c(=O)n4C)cnc1COC(C)=O. The molecular weight excluding hydrogens is 550 g/mol. The summed E-state index contributed by atoms with van der Waals surface area (Å²) >= 11 is 0. The van der Waals surface area contributed by atoms with Crippen molar-refractivity contribution in [3.05, 3.63) is 59.0 Å². The molecule has 0 aliphatic carbocycles. The first-order chi connectivity index (χ1) is 20.3. The zero-order chi connectivity index (χ0) is 31.6. The zero-order valence-electron chi connectivity index (χ0n) is 25.8. The number of aromatic nitrogens is 4. The van der Waals surface area contributed by atoms with Gasteiger partial charge in [-0.1, -0.05) is 6.07 Å². The van der Waals surface area contributed by atoms with Gasteiger partial charge in [0, 0.05) is 37.7 Å². The number of imidazole rings is 1. The summed E-state index contributed by atoms with van der Waals surface area (Å²) in [5, 5.41) is 10.9. The van der Waals surface area contributed by atoms with Gasteiger partial charge in [0.1, 0.15) is 29.8 Å². The van der Waals surface area contributed by atoms with Gasteiger partial charge in [0.25, 0.3) is 0 Å². The minimum absolute atomic E-state index is 0.116. The van der Waals surface area contributed by atoms with Crippen molar-refractivity contribution in [2.75, 3.05) is 18.5 Å². The molecule has 0 fully saturated rings. The van der Waals surface area contributed by atoms with E-state index in [4.69, 9.17) is 14.9 Å². The lowest BCUT2D eigenvalue weighted by molar-refractivity contribution is -0.555. The number of anilines is 1. The van der Waals surface area contributed by atoms with Gasteiger partial charge in [0.2, 0.25) is 0 Å². The topological polar surface area (TPSA) is 149 Å². The molecule has 12 heteroatoms. The molecule has 0 bridgehead atoms. The fourth-order valence-corrected chi connectivity index (χ4v) is 4.79. The third-order valence-corrected chi connectivity index (χ3v) is 6.75. The number of nitrogens with two attached hydrogens (primary N) is 1. The molecule has 0 aliphatic rings. The third-order valence-electron chi connectivity index (χ3n) is 6.75. The summed E-state index contributed by atoms with van der Waals surface area (Å²) in [6.07, 6.45) is 4.50. The summed E-state index contributed by atoms with van der Waals surface area (Å²) in [7, 11) is 3.52. The van der Waals surface area contributed by atoms with Crippen molar-refractivity contribution in [2.24, 2.45) is 7.05 Å². The van der Waals surface area contributed by atoms with Crippen LogP contribution in [0.3, 0.4) is 0 Å². The van der Waals surface area contributed by atoms with Crippen molar-refractivity contribution in [2.45, 2.75) is 53.8 Å². The Hall–Kier alpha value is -4.84. The Bertz CT molecular complexity index is 1830. The van der Waals surface area contributed by atoms with E-state index in [0.29, 0.717) is 44.6 Å². The molecule has 1 amide bonds. The first-order valence-corrected chi connectivity index (χ1v) is 14.0. The van der Waals surface area contributed by atoms with E-state index in [0.717, 1.165) is 5.56 Å². The second kappa shape index (κ2) is 12.2. The molecule has 0 unspecified atom stereocenters. The quantitative estimate of drug-likeness (QED) is 0.235. The Morgan fingerprint density at radius 1 is 1.12 bits per heavy atom. The second-order valence-corrected chi connectivity index (χ2v) is 11.1. The molecule has 43 heavy (non-hydrogen) atoms. The number of hydrogen-bond donors (Lipinski definition) is 2. The predicted octanol–water partition coefficient (Wildman–Crippen LogP) is 3.81. The van der Waals surface area contributed by atoms with Gasteiger partial charge in [-0.3, -0.25) is 28.8 Å². The number of carbonyl (C=O) groups excluding carboxylic acids is 2. The van der Waals surface area contributed by atoms with Gasteiger partial charge in [-0.15, -0.1) is 0 Å². The largest absolute Gasteiger partial charge is 0.459 e. The lowest BCUT2D eigenvalue weighted by atomic mass is 10.0. The van der Waals surface area contributed by atoms with Crippen LogP contribution in [0.15, 0.2) is 47.7 Å². The Morgan fingerprint density at radius 3 is 2.44 bits per heavy atom. The fourth-order valence-electron chi connectivity index (χ4n) is 4.79. The van der Waals surface area contributed by atoms with E-state index in [-0.39, 0.29) is 24.6 Å². The first-order valence-electron chi connectivity index (χ1n) is 14.0. The Labute approximate surface area is 249 Å². The van der Waals surface area contributed by atoms with Crippen molar-refractivity contribution in [1.82, 2.24) is 19.1 Å². The van der Waals surface area contributed by atoms with Crippen LogP contribution < -0.4 is 15.9 Å². The molecule has 4 rings (SSSR count). The standard InChI is InChI=1S/C31H37N7O5/c1-9-37(30(41)43-31(4,5)6)25-13-21(14-34-24(25)17-42-19(3)39)20-10-11-23-22(12-20)28-27(16-35-23)36(8)29(40)38(28)26(15-33-7)18(2)32/h10-16,32-33H,9,17H2,1-8H3/p+1. The number of rotatable bonds is 8. The highest BCUT2D eigenvalue weighted by atomic mass is 16.6. The molecule has 12 nitrogen and oxygen atoms in total. The molecule has 0 saturated carbocycles. The third kappa shape index (κ3) is 6.33. The van der Waals surface area contributed by atoms with Gasteiger partial charge in [0.05, 0.1) is 41.2 Å². The minimum Gasteiger partial charge on any atom is -0.459 e. The van der Waals surface area contributed by atoms with E-state index in [1.807, 2.05) is 38.2 Å². The number of aryl methyl sites for hydroxylation is 1. The number of amides is 1. The van der Waals surface area contributed by atoms with Crippen LogP contribution in [0.4, 0.5) is 10.5 Å². The summed E-state index contributed by atoms with van der Waals surface area (Å²) in [6.45, 7) is 10.3. The lowest BCUT2D eigenvalue weighted by Crippen LogP contribution is -2.73. The molecule has 3 N–H and O–H groups in total. The van der Waals surface area contributed by atoms with E-state index in [1.54, 1.807) is 63.2 Å². The van der Waals surface area contributed by atoms with Gasteiger partial charge in [-0.05, 0) is 58.4 Å². The van der Waals surface area contributed by atoms with Crippen molar-refractivity contribution in [3.63, 3.8) is 0 Å². The van der Waals surface area contributed by atoms with Crippen LogP contribution >= 0.6 is 0 Å². The predicted molar refractivity (Wildman–Crippen MR) is 166 cm³/mol. The average Bonchev–Trinajstić information content (AvgIpc) is 3.19. The maximum atomic E-state index is 13.4. The van der Waals surface area contributed by atoms with Crippen LogP contribution in [0.5, 0.6) is 0 Å². The van der Waals surface area contributed by atoms with Gasteiger partial charge in [-0.25, -0.2) is 9.59 Å². The van der Waals surface area contributed by atoms with Gasteiger partial charge >= 0.3 is 17.8 Å². The number of esters is 1. The minimum atomic E-state index is -0.717. The number of nitrogens with one attached hydrogen (secondary N) is 1. The number of nitrogens with zero attached hydrogens (tertiary/aromatic N) is 5. The molecule has 1 aromatic carbocycles. The van der Waals surface area contributed by atoms with Crippen LogP contribution in [0, 0.1) is 5.41 Å². The van der Waals surface area contributed by atoms with Gasteiger partial charge in [0.15, 0.2) is 0 Å². The summed E-state index contributed by atoms with van der Waals surface area (Å²) in [5.41, 5.74) is 3.92. The Morgan fingerprint density at radius 2 is 1.84 bits per heavy atom. The number of pyridine rings is 2. The Balaban J connectivity index is 1.96. The van der Waals surface area contributed by atoms with Gasteiger partial charge in [-0.2, -0.15) is 0 Å². The molecule has 0 spiro atoms. The van der Waals surface area contributed by atoms with Crippen molar-refractivity contribution in [3.8, 4) is 11.1 Å². The maximum Gasteiger partial charge on any atom is 0.414 e. The van der Waals surface area contributed by atoms with Crippen molar-refractivity contribution < 1.29 is 24.4 Å². The molecule has 4 aromatic rings. The number of fused-ring (bicyclic) bond motifs is 3. The highest BCUT2D eigenvalue weighted by Gasteiger charge is 2.26. The number of hydrogen-bond acceptors (Lipinski definition) is 8. The highest BCUT2D eigenvalue weighted by molar-refractivity contribution is 6.18. The van der Waals surface area contributed by atoms with E-state index >= 15 is 0 Å². The summed E-state index contributed by atoms with van der Waals surface area (Å²) in [6, 6.07) is 7.48. The molecule has 226 valence electrons. The smallest absolute Gasteiger partial charge is 0.414 e. The summed E-state index contributed by atoms with van der Waals surface area (Å²) in [5.74, 6) is -0.466. The second-order valence-electron chi connectivity index (χ2n) is 11.1. The Kier molecular flexibility index (Phi) is 8.81. The maximum absolute atomic E-state index is 13.4. The number of ether oxygens (including phenoxy) is 2. The number of allylic oxidation sites excluding steroid dienone is 1. The van der Waals surface area contributed by atoms with Crippen LogP contribution in [0.1, 0.15) is 47.2 Å². The highest BCUT2D eigenvalue weighted by Crippen LogP contribution is 2.32. The lowest BCUT2D eigenvalue weighted by Gasteiger charge is -2.28. The fraction of sp³-hybridized carbons (Fsp3) is 0.355. The van der Waals surface area contributed by atoms with Crippen LogP contribution in [0.2, 0.25) is 0 Å². The first kappa shape index (κ1) is 31.1. The van der Waals surface area contributed by atoms with E-state index < -0.39 is 17.7 Å². The number of carbonyl (C=O) groups is 2. The summed E-state index contributed by atoms with van der Waals surface area (Å²) < 4.78 is 13.9. The monoisotopic (exact) mass is 588 g/mol.